The highest BCUT2D eigenvalue weighted by Gasteiger charge is 2.48. The van der Waals surface area contributed by atoms with Gasteiger partial charge in [-0.25, -0.2) is 9.13 Å². The number of fused-ring (bicyclic) bond motifs is 1. The number of aromatic nitrogens is 2. The maximum Gasteiger partial charge on any atom is 0.472 e. The third-order valence-corrected chi connectivity index (χ3v) is 7.43. The van der Waals surface area contributed by atoms with Crippen molar-refractivity contribution in [2.45, 2.75) is 39.2 Å². The zero-order valence-corrected chi connectivity index (χ0v) is 20.3. The minimum absolute atomic E-state index is 0.0402. The van der Waals surface area contributed by atoms with Gasteiger partial charge in [0, 0.05) is 12.0 Å². The number of hydrogen-bond acceptors (Lipinski definition) is 11. The van der Waals surface area contributed by atoms with Crippen LogP contribution in [0.25, 0.3) is 0 Å². The van der Waals surface area contributed by atoms with Gasteiger partial charge in [0.05, 0.1) is 33.1 Å². The van der Waals surface area contributed by atoms with E-state index in [1.807, 2.05) is 4.90 Å². The Balaban J connectivity index is 1.72. The molecule has 0 bridgehead atoms. The van der Waals surface area contributed by atoms with Gasteiger partial charge in [-0.1, -0.05) is 13.8 Å². The number of nitrogens with two attached hydrogens (primary N) is 1. The van der Waals surface area contributed by atoms with E-state index in [1.54, 1.807) is 13.8 Å². The SMILES string of the molecule is CCCOP(=O)(O)OC[C@H]1C[C@@H](N2CNc3c2nc(N)[nH]c3=O)[C@@H]1COP(=O)(O)OCCC. The summed E-state index contributed by atoms with van der Waals surface area (Å²) >= 11 is 0. The Bertz CT molecular complexity index is 977. The smallest absolute Gasteiger partial charge is 0.369 e. The number of nitrogens with one attached hydrogen (secondary N) is 2. The molecular formula is C17H31N5O9P2. The van der Waals surface area contributed by atoms with Crippen LogP contribution in [0.1, 0.15) is 33.1 Å². The fourth-order valence-electron chi connectivity index (χ4n) is 3.79. The molecular weight excluding hydrogens is 480 g/mol. The van der Waals surface area contributed by atoms with Gasteiger partial charge in [-0.2, -0.15) is 4.98 Å². The van der Waals surface area contributed by atoms with E-state index >= 15 is 0 Å². The Kier molecular flexibility index (Phi) is 8.57. The van der Waals surface area contributed by atoms with Gasteiger partial charge in [0.25, 0.3) is 5.56 Å². The Labute approximate surface area is 191 Å². The lowest BCUT2D eigenvalue weighted by atomic mass is 9.69. The third kappa shape index (κ3) is 6.55. The van der Waals surface area contributed by atoms with Crippen LogP contribution in [0, 0.1) is 11.8 Å². The standard InChI is InChI=1S/C17H31N5O9P2/c1-3-5-28-32(24,25)30-8-11-7-13(12(11)9-31-33(26,27)29-6-4-2)22-10-19-14-15(22)20-17(18)21-16(14)23/h11-13,19H,3-10H2,1-2H3,(H,24,25)(H,26,27)(H3,18,20,21,23)/t11-,12-,13-/m1/s1. The van der Waals surface area contributed by atoms with Gasteiger partial charge in [0.15, 0.2) is 5.82 Å². The second-order valence-corrected chi connectivity index (χ2v) is 10.8. The molecule has 3 rings (SSSR count). The minimum Gasteiger partial charge on any atom is -0.369 e. The molecule has 1 aliphatic carbocycles. The van der Waals surface area contributed by atoms with Crippen LogP contribution < -0.4 is 21.5 Å². The van der Waals surface area contributed by atoms with Crippen LogP contribution in [0.5, 0.6) is 0 Å². The van der Waals surface area contributed by atoms with Crippen LogP contribution in [0.2, 0.25) is 0 Å². The Morgan fingerprint density at radius 3 is 2.30 bits per heavy atom. The van der Waals surface area contributed by atoms with Gasteiger partial charge in [-0.05, 0) is 25.2 Å². The summed E-state index contributed by atoms with van der Waals surface area (Å²) in [6, 6.07) is -0.262. The molecule has 5 atom stereocenters. The lowest BCUT2D eigenvalue weighted by Crippen LogP contribution is -2.55. The second-order valence-electron chi connectivity index (χ2n) is 7.88. The summed E-state index contributed by atoms with van der Waals surface area (Å²) in [7, 11) is -8.49. The van der Waals surface area contributed by atoms with Gasteiger partial charge >= 0.3 is 15.6 Å². The van der Waals surface area contributed by atoms with Gasteiger partial charge in [0.1, 0.15) is 5.69 Å². The summed E-state index contributed by atoms with van der Waals surface area (Å²) in [6.07, 6.45) is 1.58. The fourth-order valence-corrected chi connectivity index (χ4v) is 5.51. The first-order chi connectivity index (χ1) is 15.6. The van der Waals surface area contributed by atoms with Crippen molar-refractivity contribution in [3.05, 3.63) is 10.4 Å². The van der Waals surface area contributed by atoms with Gasteiger partial charge in [0.2, 0.25) is 5.95 Å². The van der Waals surface area contributed by atoms with Crippen LogP contribution in [-0.4, -0.2) is 58.9 Å². The molecule has 2 unspecified atom stereocenters. The quantitative estimate of drug-likeness (QED) is 0.240. The van der Waals surface area contributed by atoms with E-state index in [-0.39, 0.29) is 56.7 Å². The van der Waals surface area contributed by atoms with Crippen LogP contribution >= 0.6 is 15.6 Å². The van der Waals surface area contributed by atoms with Crippen molar-refractivity contribution in [3.63, 3.8) is 0 Å². The summed E-state index contributed by atoms with van der Waals surface area (Å²) in [4.78, 5) is 40.3. The topological polar surface area (TPSA) is 199 Å². The molecule has 1 fully saturated rings. The number of anilines is 3. The van der Waals surface area contributed by atoms with Crippen LogP contribution in [0.3, 0.4) is 0 Å². The molecule has 0 spiro atoms. The lowest BCUT2D eigenvalue weighted by molar-refractivity contribution is 0.0126. The maximum absolute atomic E-state index is 12.2. The first-order valence-corrected chi connectivity index (χ1v) is 13.7. The highest BCUT2D eigenvalue weighted by molar-refractivity contribution is 7.47. The van der Waals surface area contributed by atoms with E-state index < -0.39 is 27.1 Å². The number of rotatable bonds is 13. The number of phosphoric acid groups is 2. The van der Waals surface area contributed by atoms with E-state index in [9.17, 15) is 23.7 Å². The number of hydrogen-bond donors (Lipinski definition) is 5. The van der Waals surface area contributed by atoms with Crippen LogP contribution in [-0.2, 0) is 27.2 Å². The van der Waals surface area contributed by atoms with Crippen molar-refractivity contribution in [1.82, 2.24) is 9.97 Å². The molecule has 1 aromatic heterocycles. The summed E-state index contributed by atoms with van der Waals surface area (Å²) in [5, 5.41) is 2.97. The molecule has 0 saturated heterocycles. The monoisotopic (exact) mass is 511 g/mol. The molecule has 1 saturated carbocycles. The highest BCUT2D eigenvalue weighted by atomic mass is 31.2. The second kappa shape index (κ2) is 10.8. The van der Waals surface area contributed by atoms with Crippen molar-refractivity contribution in [2.24, 2.45) is 11.8 Å². The van der Waals surface area contributed by atoms with E-state index in [0.29, 0.717) is 25.1 Å². The van der Waals surface area contributed by atoms with Crippen LogP contribution in [0.15, 0.2) is 4.79 Å². The molecule has 2 aliphatic rings. The van der Waals surface area contributed by atoms with Crippen molar-refractivity contribution >= 4 is 33.1 Å². The maximum atomic E-state index is 12.2. The summed E-state index contributed by atoms with van der Waals surface area (Å²) < 4.78 is 44.3. The largest absolute Gasteiger partial charge is 0.472 e. The summed E-state index contributed by atoms with van der Waals surface area (Å²) in [6.45, 7) is 3.71. The zero-order chi connectivity index (χ0) is 24.2. The summed E-state index contributed by atoms with van der Waals surface area (Å²) in [5.41, 5.74) is 5.55. The zero-order valence-electron chi connectivity index (χ0n) is 18.5. The predicted molar refractivity (Wildman–Crippen MR) is 120 cm³/mol. The fraction of sp³-hybridized carbons (Fsp3) is 0.765. The minimum atomic E-state index is -4.27. The number of phosphoric ester groups is 2. The highest BCUT2D eigenvalue weighted by Crippen LogP contribution is 2.50. The molecule has 6 N–H and O–H groups in total. The van der Waals surface area contributed by atoms with E-state index in [0.717, 1.165) is 0 Å². The molecule has 1 aromatic rings. The number of aromatic amines is 1. The normalized spacial score (nSPS) is 25.6. The van der Waals surface area contributed by atoms with Crippen molar-refractivity contribution in [2.75, 3.05) is 49.0 Å². The molecule has 1 aliphatic heterocycles. The molecule has 0 aromatic carbocycles. The Morgan fingerprint density at radius 2 is 1.70 bits per heavy atom. The first kappa shape index (κ1) is 26.1. The average Bonchev–Trinajstić information content (AvgIpc) is 3.13. The molecule has 188 valence electrons. The molecule has 0 radical (unpaired) electrons. The Morgan fingerprint density at radius 1 is 1.09 bits per heavy atom. The van der Waals surface area contributed by atoms with E-state index in [2.05, 4.69) is 15.3 Å². The molecule has 33 heavy (non-hydrogen) atoms. The number of H-pyrrole nitrogens is 1. The summed E-state index contributed by atoms with van der Waals surface area (Å²) in [5.74, 6) is -0.354. The van der Waals surface area contributed by atoms with Crippen molar-refractivity contribution in [3.8, 4) is 0 Å². The Hall–Kier alpha value is -1.50. The van der Waals surface area contributed by atoms with Crippen LogP contribution in [0.4, 0.5) is 17.5 Å². The van der Waals surface area contributed by atoms with E-state index in [4.69, 9.17) is 23.8 Å². The van der Waals surface area contributed by atoms with Gasteiger partial charge in [-0.3, -0.25) is 27.9 Å². The van der Waals surface area contributed by atoms with Gasteiger partial charge in [-0.15, -0.1) is 0 Å². The lowest BCUT2D eigenvalue weighted by Gasteiger charge is -2.48. The molecule has 14 nitrogen and oxygen atoms in total. The molecule has 2 heterocycles. The average molecular weight is 511 g/mol. The van der Waals surface area contributed by atoms with Crippen molar-refractivity contribution in [1.29, 1.82) is 0 Å². The van der Waals surface area contributed by atoms with Crippen molar-refractivity contribution < 1.29 is 37.0 Å². The molecule has 16 heteroatoms. The first-order valence-electron chi connectivity index (χ1n) is 10.7. The predicted octanol–water partition coefficient (Wildman–Crippen LogP) is 1.63. The molecule has 0 amide bonds. The third-order valence-electron chi connectivity index (χ3n) is 5.46. The number of nitrogen functional groups attached to an aromatic ring is 1. The van der Waals surface area contributed by atoms with Gasteiger partial charge < -0.3 is 25.7 Å². The number of nitrogens with zero attached hydrogens (tertiary/aromatic N) is 2. The van der Waals surface area contributed by atoms with E-state index in [1.165, 1.54) is 0 Å².